The van der Waals surface area contributed by atoms with Crippen molar-refractivity contribution < 1.29 is 27.5 Å². The van der Waals surface area contributed by atoms with Gasteiger partial charge in [-0.1, -0.05) is 41.4 Å². The number of carbonyl (C=O) groups excluding carboxylic acids is 2. The van der Waals surface area contributed by atoms with Crippen LogP contribution in [0.25, 0.3) is 10.9 Å². The van der Waals surface area contributed by atoms with Crippen LogP contribution in [-0.4, -0.2) is 30.4 Å². The maximum absolute atomic E-state index is 13.1. The molecule has 0 radical (unpaired) electrons. The highest BCUT2D eigenvalue weighted by Crippen LogP contribution is 2.39. The first-order valence-corrected chi connectivity index (χ1v) is 12.4. The summed E-state index contributed by atoms with van der Waals surface area (Å²) < 4.78 is 44.6. The first kappa shape index (κ1) is 28.2. The van der Waals surface area contributed by atoms with Gasteiger partial charge in [-0.05, 0) is 55.5 Å². The fourth-order valence-electron chi connectivity index (χ4n) is 3.96. The molecule has 0 unspecified atom stereocenters. The van der Waals surface area contributed by atoms with Gasteiger partial charge < -0.3 is 15.0 Å². The predicted octanol–water partition coefficient (Wildman–Crippen LogP) is 6.84. The fraction of sp³-hybridized carbons (Fsp3) is 0.179. The highest BCUT2D eigenvalue weighted by atomic mass is 35.5. The number of anilines is 1. The number of hydrogen-bond donors (Lipinski definition) is 1. The first-order chi connectivity index (χ1) is 18.5. The topological polar surface area (TPSA) is 71.5 Å². The third-order valence-corrected chi connectivity index (χ3v) is 6.71. The summed E-state index contributed by atoms with van der Waals surface area (Å²) >= 11 is 12.6. The van der Waals surface area contributed by atoms with Crippen LogP contribution >= 0.6 is 23.2 Å². The van der Waals surface area contributed by atoms with Crippen molar-refractivity contribution in [2.45, 2.75) is 19.7 Å². The summed E-state index contributed by atoms with van der Waals surface area (Å²) in [4.78, 5) is 31.5. The zero-order valence-electron chi connectivity index (χ0n) is 20.8. The lowest BCUT2D eigenvalue weighted by Crippen LogP contribution is -2.38. The molecular formula is C28H22Cl2F3N3O3. The van der Waals surface area contributed by atoms with Crippen molar-refractivity contribution in [3.05, 3.63) is 99.2 Å². The smallest absolute Gasteiger partial charge is 0.416 e. The van der Waals surface area contributed by atoms with Crippen LogP contribution < -0.4 is 15.0 Å². The molecule has 0 aliphatic carbocycles. The van der Waals surface area contributed by atoms with Crippen LogP contribution in [0.3, 0.4) is 0 Å². The van der Waals surface area contributed by atoms with E-state index in [4.69, 9.17) is 27.9 Å². The van der Waals surface area contributed by atoms with E-state index in [9.17, 15) is 22.8 Å². The van der Waals surface area contributed by atoms with Gasteiger partial charge in [0.15, 0.2) is 5.75 Å². The van der Waals surface area contributed by atoms with Crippen LogP contribution in [0.1, 0.15) is 27.2 Å². The lowest BCUT2D eigenvalue weighted by atomic mass is 10.1. The molecule has 202 valence electrons. The zero-order valence-corrected chi connectivity index (χ0v) is 22.3. The van der Waals surface area contributed by atoms with E-state index < -0.39 is 30.1 Å². The molecule has 39 heavy (non-hydrogen) atoms. The second-order valence-corrected chi connectivity index (χ2v) is 9.41. The van der Waals surface area contributed by atoms with Gasteiger partial charge in [0.2, 0.25) is 5.91 Å². The second kappa shape index (κ2) is 11.5. The summed E-state index contributed by atoms with van der Waals surface area (Å²) in [6, 6.07) is 16.1. The van der Waals surface area contributed by atoms with E-state index in [1.165, 1.54) is 11.9 Å². The summed E-state index contributed by atoms with van der Waals surface area (Å²) in [6.45, 7) is 1.33. The number of hydrogen-bond acceptors (Lipinski definition) is 4. The number of pyridine rings is 1. The molecule has 1 N–H and O–H groups in total. The van der Waals surface area contributed by atoms with Crippen LogP contribution in [0.4, 0.5) is 18.9 Å². The lowest BCUT2D eigenvalue weighted by Gasteiger charge is -2.24. The number of rotatable bonds is 7. The normalized spacial score (nSPS) is 11.4. The number of aromatic nitrogens is 1. The third kappa shape index (κ3) is 6.26. The molecule has 4 rings (SSSR count). The highest BCUT2D eigenvalue weighted by Gasteiger charge is 2.30. The van der Waals surface area contributed by atoms with Gasteiger partial charge in [-0.15, -0.1) is 0 Å². The van der Waals surface area contributed by atoms with Gasteiger partial charge in [0.1, 0.15) is 12.3 Å². The molecule has 0 saturated carbocycles. The average Bonchev–Trinajstić information content (AvgIpc) is 2.90. The van der Waals surface area contributed by atoms with E-state index in [2.05, 4.69) is 10.3 Å². The molecule has 4 aromatic rings. The molecule has 0 aliphatic heterocycles. The number of halogens is 5. The molecule has 0 aliphatic rings. The molecule has 3 aromatic carbocycles. The number of nitrogens with one attached hydrogen (secondary N) is 1. The Bertz CT molecular complexity index is 1520. The molecule has 0 bridgehead atoms. The number of benzene rings is 3. The maximum Gasteiger partial charge on any atom is 0.416 e. The molecule has 0 saturated heterocycles. The van der Waals surface area contributed by atoms with E-state index in [0.29, 0.717) is 43.6 Å². The van der Waals surface area contributed by atoms with Gasteiger partial charge >= 0.3 is 6.18 Å². The standard InChI is InChI=1S/C28H22Cl2F3N3O3/c1-16-25(36(2)24(37)14-34-27(38)17-10-12-18(13-11-17)28(31,32)33)26(19-6-3-4-9-23(19)35-16)39-15-20-21(29)7-5-8-22(20)30/h3-13H,14-15H2,1-2H3,(H,34,38). The van der Waals surface area contributed by atoms with E-state index >= 15 is 0 Å². The molecule has 1 aromatic heterocycles. The number of fused-ring (bicyclic) bond motifs is 1. The minimum atomic E-state index is -4.52. The van der Waals surface area contributed by atoms with E-state index in [1.54, 1.807) is 31.2 Å². The van der Waals surface area contributed by atoms with Crippen molar-refractivity contribution >= 4 is 51.6 Å². The Kier molecular flexibility index (Phi) is 8.32. The highest BCUT2D eigenvalue weighted by molar-refractivity contribution is 6.36. The number of likely N-dealkylation sites (N-methyl/N-ethyl adjacent to an activating group) is 1. The summed E-state index contributed by atoms with van der Waals surface area (Å²) in [5.41, 5.74) is 1.21. The summed E-state index contributed by atoms with van der Waals surface area (Å²) in [5.74, 6) is -0.821. The van der Waals surface area contributed by atoms with Crippen molar-refractivity contribution in [2.24, 2.45) is 0 Å². The summed E-state index contributed by atoms with van der Waals surface area (Å²) in [5, 5.41) is 3.95. The van der Waals surface area contributed by atoms with Gasteiger partial charge in [0.05, 0.1) is 23.3 Å². The van der Waals surface area contributed by atoms with Gasteiger partial charge in [0.25, 0.3) is 5.91 Å². The summed E-state index contributed by atoms with van der Waals surface area (Å²) in [6.07, 6.45) is -4.52. The fourth-order valence-corrected chi connectivity index (χ4v) is 4.46. The lowest BCUT2D eigenvalue weighted by molar-refractivity contribution is -0.137. The quantitative estimate of drug-likeness (QED) is 0.262. The minimum Gasteiger partial charge on any atom is -0.486 e. The molecule has 1 heterocycles. The largest absolute Gasteiger partial charge is 0.486 e. The van der Waals surface area contributed by atoms with Crippen LogP contribution in [0.2, 0.25) is 10.0 Å². The Labute approximate surface area is 232 Å². The number of para-hydroxylation sites is 1. The third-order valence-electron chi connectivity index (χ3n) is 6.00. The molecule has 0 atom stereocenters. The van der Waals surface area contributed by atoms with Crippen molar-refractivity contribution in [2.75, 3.05) is 18.5 Å². The maximum atomic E-state index is 13.1. The number of carbonyl (C=O) groups is 2. The number of aryl methyl sites for hydroxylation is 1. The van der Waals surface area contributed by atoms with E-state index in [0.717, 1.165) is 24.3 Å². The van der Waals surface area contributed by atoms with Gasteiger partial charge in [-0.2, -0.15) is 13.2 Å². The molecule has 0 fully saturated rings. The molecule has 6 nitrogen and oxygen atoms in total. The molecule has 0 spiro atoms. The van der Waals surface area contributed by atoms with Crippen molar-refractivity contribution in [1.82, 2.24) is 10.3 Å². The summed E-state index contributed by atoms with van der Waals surface area (Å²) in [7, 11) is 1.51. The van der Waals surface area contributed by atoms with Crippen LogP contribution in [0.5, 0.6) is 5.75 Å². The minimum absolute atomic E-state index is 0.0114. The predicted molar refractivity (Wildman–Crippen MR) is 144 cm³/mol. The Morgan fingerprint density at radius 1 is 0.974 bits per heavy atom. The number of nitrogens with zero attached hydrogens (tertiary/aromatic N) is 2. The Morgan fingerprint density at radius 3 is 2.26 bits per heavy atom. The number of alkyl halides is 3. The van der Waals surface area contributed by atoms with Gasteiger partial charge in [-0.3, -0.25) is 14.6 Å². The van der Waals surface area contributed by atoms with E-state index in [1.807, 2.05) is 18.2 Å². The number of amides is 2. The first-order valence-electron chi connectivity index (χ1n) is 11.6. The number of ether oxygens (including phenoxy) is 1. The Morgan fingerprint density at radius 2 is 1.62 bits per heavy atom. The van der Waals surface area contributed by atoms with Gasteiger partial charge in [-0.25, -0.2) is 0 Å². The monoisotopic (exact) mass is 575 g/mol. The van der Waals surface area contributed by atoms with Crippen LogP contribution in [-0.2, 0) is 17.6 Å². The Hall–Kier alpha value is -3.82. The van der Waals surface area contributed by atoms with E-state index in [-0.39, 0.29) is 12.2 Å². The van der Waals surface area contributed by atoms with Crippen molar-refractivity contribution in [3.8, 4) is 5.75 Å². The second-order valence-electron chi connectivity index (χ2n) is 8.59. The molecule has 11 heteroatoms. The van der Waals surface area contributed by atoms with Crippen molar-refractivity contribution in [3.63, 3.8) is 0 Å². The van der Waals surface area contributed by atoms with Crippen molar-refractivity contribution in [1.29, 1.82) is 0 Å². The van der Waals surface area contributed by atoms with Gasteiger partial charge in [0, 0.05) is 33.6 Å². The van der Waals surface area contributed by atoms with Crippen LogP contribution in [0, 0.1) is 6.92 Å². The Balaban J connectivity index is 1.57. The molecular weight excluding hydrogens is 554 g/mol. The molecule has 2 amide bonds. The van der Waals surface area contributed by atoms with Crippen LogP contribution in [0.15, 0.2) is 66.7 Å². The SMILES string of the molecule is Cc1nc2ccccc2c(OCc2c(Cl)cccc2Cl)c1N(C)C(=O)CNC(=O)c1ccc(C(F)(F)F)cc1. The average molecular weight is 576 g/mol. The zero-order chi connectivity index (χ0) is 28.3.